The monoisotopic (exact) mass is 424 g/mol. The normalized spacial score (nSPS) is 21.8. The maximum atomic E-state index is 13.0. The fourth-order valence-corrected chi connectivity index (χ4v) is 4.11. The van der Waals surface area contributed by atoms with E-state index in [2.05, 4.69) is 46.9 Å². The van der Waals surface area contributed by atoms with Crippen molar-refractivity contribution >= 4 is 5.91 Å². The smallest absolute Gasteiger partial charge is 0.241 e. The Balaban J connectivity index is 1.18. The molecule has 2 aromatic rings. The van der Waals surface area contributed by atoms with E-state index in [0.717, 1.165) is 50.6 Å². The molecule has 2 aliphatic rings. The molecule has 0 aliphatic carbocycles. The zero-order chi connectivity index (χ0) is 21.6. The Morgan fingerprint density at radius 3 is 2.32 bits per heavy atom. The van der Waals surface area contributed by atoms with Crippen LogP contribution in [-0.4, -0.2) is 68.2 Å². The number of methoxy groups -OCH3 is 1. The van der Waals surface area contributed by atoms with Gasteiger partial charge in [0.2, 0.25) is 5.91 Å². The topological polar surface area (TPSA) is 66.1 Å². The van der Waals surface area contributed by atoms with Gasteiger partial charge >= 0.3 is 0 Å². The molecule has 2 atom stereocenters. The van der Waals surface area contributed by atoms with E-state index in [1.807, 2.05) is 29.2 Å². The third-order valence-electron chi connectivity index (χ3n) is 6.10. The van der Waals surface area contributed by atoms with Gasteiger partial charge in [-0.25, -0.2) is 10.9 Å². The Labute approximate surface area is 184 Å². The Morgan fingerprint density at radius 2 is 1.65 bits per heavy atom. The van der Waals surface area contributed by atoms with E-state index < -0.39 is 0 Å². The predicted molar refractivity (Wildman–Crippen MR) is 120 cm³/mol. The van der Waals surface area contributed by atoms with E-state index in [1.165, 1.54) is 11.1 Å². The van der Waals surface area contributed by atoms with Crippen LogP contribution in [0.1, 0.15) is 23.6 Å². The first-order valence-electron chi connectivity index (χ1n) is 11.0. The number of aryl methyl sites for hydroxylation is 1. The molecule has 4 rings (SSSR count). The zero-order valence-corrected chi connectivity index (χ0v) is 18.3. The molecule has 7 heteroatoms. The lowest BCUT2D eigenvalue weighted by atomic mass is 10.0. The van der Waals surface area contributed by atoms with Crippen LogP contribution in [0.3, 0.4) is 0 Å². The first kappa shape index (κ1) is 21.6. The number of amides is 1. The number of hydrogen-bond acceptors (Lipinski definition) is 6. The van der Waals surface area contributed by atoms with Gasteiger partial charge in [-0.05, 0) is 43.2 Å². The second-order valence-electron chi connectivity index (χ2n) is 8.23. The highest BCUT2D eigenvalue weighted by Crippen LogP contribution is 2.24. The van der Waals surface area contributed by atoms with Crippen molar-refractivity contribution in [1.29, 1.82) is 0 Å². The Hall–Kier alpha value is -2.61. The molecule has 0 radical (unpaired) electrons. The standard InChI is InChI=1S/C24H32N4O3/c1-18-3-5-19(6-4-18)22-17-23(26-25-22)24(29)28-13-11-27(12-14-28)15-16-31-21-9-7-20(30-2)8-10-21/h3-10,22-23,25-26H,11-17H2,1-2H3. The van der Waals surface area contributed by atoms with Gasteiger partial charge in [0, 0.05) is 38.8 Å². The molecule has 2 N–H and O–H groups in total. The van der Waals surface area contributed by atoms with E-state index >= 15 is 0 Å². The summed E-state index contributed by atoms with van der Waals surface area (Å²) < 4.78 is 11.0. The number of benzene rings is 2. The first-order valence-corrected chi connectivity index (χ1v) is 11.0. The van der Waals surface area contributed by atoms with E-state index in [4.69, 9.17) is 9.47 Å². The molecule has 2 saturated heterocycles. The second kappa shape index (κ2) is 10.1. The fraction of sp³-hybridized carbons (Fsp3) is 0.458. The summed E-state index contributed by atoms with van der Waals surface area (Å²) in [6.45, 7) is 6.84. The van der Waals surface area contributed by atoms with Gasteiger partial charge in [0.1, 0.15) is 24.1 Å². The van der Waals surface area contributed by atoms with Gasteiger partial charge in [-0.1, -0.05) is 29.8 Å². The zero-order valence-electron chi connectivity index (χ0n) is 18.3. The average Bonchev–Trinajstić information content (AvgIpc) is 3.30. The Kier molecular flexibility index (Phi) is 7.06. The van der Waals surface area contributed by atoms with Gasteiger partial charge < -0.3 is 14.4 Å². The minimum Gasteiger partial charge on any atom is -0.497 e. The lowest BCUT2D eigenvalue weighted by molar-refractivity contribution is -0.135. The van der Waals surface area contributed by atoms with Crippen LogP contribution in [0.2, 0.25) is 0 Å². The molecule has 0 saturated carbocycles. The number of carbonyl (C=O) groups is 1. The summed E-state index contributed by atoms with van der Waals surface area (Å²) in [5, 5.41) is 0. The molecule has 2 heterocycles. The van der Waals surface area contributed by atoms with Crippen molar-refractivity contribution in [2.24, 2.45) is 0 Å². The Bertz CT molecular complexity index is 848. The van der Waals surface area contributed by atoms with Crippen molar-refractivity contribution in [2.45, 2.75) is 25.4 Å². The highest BCUT2D eigenvalue weighted by atomic mass is 16.5. The third-order valence-corrected chi connectivity index (χ3v) is 6.10. The molecular formula is C24H32N4O3. The highest BCUT2D eigenvalue weighted by Gasteiger charge is 2.34. The van der Waals surface area contributed by atoms with Crippen molar-refractivity contribution in [3.8, 4) is 11.5 Å². The largest absolute Gasteiger partial charge is 0.497 e. The molecule has 7 nitrogen and oxygen atoms in total. The quantitative estimate of drug-likeness (QED) is 0.710. The van der Waals surface area contributed by atoms with E-state index in [0.29, 0.717) is 6.61 Å². The lowest BCUT2D eigenvalue weighted by Gasteiger charge is -2.35. The SMILES string of the molecule is COc1ccc(OCCN2CCN(C(=O)C3CC(c4ccc(C)cc4)NN3)CC2)cc1. The number of rotatable bonds is 7. The van der Waals surface area contributed by atoms with Crippen molar-refractivity contribution in [2.75, 3.05) is 46.4 Å². The number of piperazine rings is 1. The second-order valence-corrected chi connectivity index (χ2v) is 8.23. The van der Waals surface area contributed by atoms with Crippen molar-refractivity contribution < 1.29 is 14.3 Å². The molecule has 166 valence electrons. The van der Waals surface area contributed by atoms with Crippen LogP contribution in [0.15, 0.2) is 48.5 Å². The average molecular weight is 425 g/mol. The van der Waals surface area contributed by atoms with Crippen LogP contribution in [0, 0.1) is 6.92 Å². The summed E-state index contributed by atoms with van der Waals surface area (Å²) in [7, 11) is 1.65. The number of nitrogens with one attached hydrogen (secondary N) is 2. The molecule has 2 fully saturated rings. The van der Waals surface area contributed by atoms with Crippen LogP contribution < -0.4 is 20.3 Å². The van der Waals surface area contributed by atoms with Gasteiger partial charge in [0.25, 0.3) is 0 Å². The van der Waals surface area contributed by atoms with E-state index in [-0.39, 0.29) is 18.0 Å². The predicted octanol–water partition coefficient (Wildman–Crippen LogP) is 2.13. The summed E-state index contributed by atoms with van der Waals surface area (Å²) >= 11 is 0. The van der Waals surface area contributed by atoms with Crippen LogP contribution in [0.5, 0.6) is 11.5 Å². The summed E-state index contributed by atoms with van der Waals surface area (Å²) in [5.41, 5.74) is 8.96. The summed E-state index contributed by atoms with van der Waals surface area (Å²) in [6.07, 6.45) is 0.776. The molecule has 2 unspecified atom stereocenters. The summed E-state index contributed by atoms with van der Waals surface area (Å²) in [5.74, 6) is 1.86. The van der Waals surface area contributed by atoms with Gasteiger partial charge in [-0.15, -0.1) is 0 Å². The maximum Gasteiger partial charge on any atom is 0.241 e. The number of hydrogen-bond donors (Lipinski definition) is 2. The molecule has 31 heavy (non-hydrogen) atoms. The highest BCUT2D eigenvalue weighted by molar-refractivity contribution is 5.82. The Morgan fingerprint density at radius 1 is 0.968 bits per heavy atom. The van der Waals surface area contributed by atoms with Crippen LogP contribution in [0.25, 0.3) is 0 Å². The number of ether oxygens (including phenoxy) is 2. The molecular weight excluding hydrogens is 392 g/mol. The fourth-order valence-electron chi connectivity index (χ4n) is 4.11. The van der Waals surface area contributed by atoms with Gasteiger partial charge in [0.15, 0.2) is 0 Å². The van der Waals surface area contributed by atoms with E-state index in [1.54, 1.807) is 7.11 Å². The van der Waals surface area contributed by atoms with E-state index in [9.17, 15) is 4.79 Å². The number of carbonyl (C=O) groups excluding carboxylic acids is 1. The summed E-state index contributed by atoms with van der Waals surface area (Å²) in [4.78, 5) is 17.3. The van der Waals surface area contributed by atoms with Crippen molar-refractivity contribution in [1.82, 2.24) is 20.7 Å². The maximum absolute atomic E-state index is 13.0. The van der Waals surface area contributed by atoms with Crippen LogP contribution in [0.4, 0.5) is 0 Å². The molecule has 2 aliphatic heterocycles. The minimum atomic E-state index is -0.170. The molecule has 2 aromatic carbocycles. The van der Waals surface area contributed by atoms with Gasteiger partial charge in [-0.3, -0.25) is 9.69 Å². The van der Waals surface area contributed by atoms with Gasteiger partial charge in [0.05, 0.1) is 7.11 Å². The van der Waals surface area contributed by atoms with Crippen LogP contribution >= 0.6 is 0 Å². The number of nitrogens with zero attached hydrogens (tertiary/aromatic N) is 2. The van der Waals surface area contributed by atoms with Crippen LogP contribution in [-0.2, 0) is 4.79 Å². The first-order chi connectivity index (χ1) is 15.1. The minimum absolute atomic E-state index is 0.170. The molecule has 0 bridgehead atoms. The van der Waals surface area contributed by atoms with Crippen molar-refractivity contribution in [3.05, 3.63) is 59.7 Å². The van der Waals surface area contributed by atoms with Crippen molar-refractivity contribution in [3.63, 3.8) is 0 Å². The number of hydrazine groups is 1. The molecule has 0 spiro atoms. The third kappa shape index (κ3) is 5.55. The molecule has 0 aromatic heterocycles. The summed E-state index contributed by atoms with van der Waals surface area (Å²) in [6, 6.07) is 16.1. The lowest BCUT2D eigenvalue weighted by Crippen LogP contribution is -2.54. The molecule has 1 amide bonds. The van der Waals surface area contributed by atoms with Gasteiger partial charge in [-0.2, -0.15) is 0 Å².